The summed E-state index contributed by atoms with van der Waals surface area (Å²) in [5.74, 6) is 0. The Morgan fingerprint density at radius 3 is 2.55 bits per heavy atom. The van der Waals surface area contributed by atoms with Crippen molar-refractivity contribution < 1.29 is 14.6 Å². The summed E-state index contributed by atoms with van der Waals surface area (Å²) in [6, 6.07) is 4.10. The van der Waals surface area contributed by atoms with E-state index in [1.807, 2.05) is 26.0 Å². The Morgan fingerprint density at radius 1 is 1.20 bits per heavy atom. The fourth-order valence-electron chi connectivity index (χ4n) is 1.70. The molecule has 5 nitrogen and oxygen atoms in total. The van der Waals surface area contributed by atoms with Gasteiger partial charge in [0.1, 0.15) is 0 Å². The van der Waals surface area contributed by atoms with Gasteiger partial charge in [-0.3, -0.25) is 4.98 Å². The van der Waals surface area contributed by atoms with Crippen LogP contribution in [0, 0.1) is 0 Å². The highest BCUT2D eigenvalue weighted by Gasteiger charge is 2.08. The van der Waals surface area contributed by atoms with E-state index in [0.717, 1.165) is 5.56 Å². The molecule has 0 saturated carbocycles. The quantitative estimate of drug-likeness (QED) is 0.637. The molecule has 1 heterocycles. The Kier molecular flexibility index (Phi) is 8.37. The van der Waals surface area contributed by atoms with Crippen LogP contribution in [0.25, 0.3) is 0 Å². The summed E-state index contributed by atoms with van der Waals surface area (Å²) < 4.78 is 10.7. The van der Waals surface area contributed by atoms with Crippen LogP contribution in [-0.2, 0) is 9.47 Å². The van der Waals surface area contributed by atoms with Gasteiger partial charge in [-0.1, -0.05) is 0 Å². The van der Waals surface area contributed by atoms with Crippen molar-refractivity contribution in [3.8, 4) is 0 Å². The molecule has 20 heavy (non-hydrogen) atoms. The molecule has 1 aromatic heterocycles. The number of rotatable bonds is 10. The minimum absolute atomic E-state index is 0.178. The first-order valence-corrected chi connectivity index (χ1v) is 7.10. The van der Waals surface area contributed by atoms with Gasteiger partial charge in [0.2, 0.25) is 0 Å². The van der Waals surface area contributed by atoms with Crippen LogP contribution in [0.4, 0.5) is 0 Å². The third-order valence-corrected chi connectivity index (χ3v) is 2.85. The third kappa shape index (κ3) is 7.55. The highest BCUT2D eigenvalue weighted by molar-refractivity contribution is 5.13. The number of hydrogen-bond acceptors (Lipinski definition) is 5. The standard InChI is InChI=1S/C15H26N2O3/c1-12(2)20-9-8-19-11-15(18)10-17-13(3)14-4-6-16-7-5-14/h4-7,12-13,15,17-18H,8-11H2,1-3H3/t13-,15?/m1/s1. The van der Waals surface area contributed by atoms with E-state index in [0.29, 0.717) is 26.4 Å². The van der Waals surface area contributed by atoms with Gasteiger partial charge in [0.15, 0.2) is 0 Å². The monoisotopic (exact) mass is 282 g/mol. The summed E-state index contributed by atoms with van der Waals surface area (Å²) in [6.07, 6.45) is 3.23. The lowest BCUT2D eigenvalue weighted by Gasteiger charge is -2.17. The van der Waals surface area contributed by atoms with Crippen LogP contribution in [0.5, 0.6) is 0 Å². The maximum Gasteiger partial charge on any atom is 0.0897 e. The first kappa shape index (κ1) is 17.0. The molecule has 0 fully saturated rings. The van der Waals surface area contributed by atoms with Gasteiger partial charge in [-0.25, -0.2) is 0 Å². The normalized spacial score (nSPS) is 14.4. The average Bonchev–Trinajstić information content (AvgIpc) is 2.45. The Bertz CT molecular complexity index is 346. The molecule has 2 atom stereocenters. The molecule has 0 aliphatic carbocycles. The van der Waals surface area contributed by atoms with Crippen molar-refractivity contribution in [1.82, 2.24) is 10.3 Å². The van der Waals surface area contributed by atoms with E-state index in [4.69, 9.17) is 9.47 Å². The summed E-state index contributed by atoms with van der Waals surface area (Å²) >= 11 is 0. The number of hydrogen-bond donors (Lipinski definition) is 2. The van der Waals surface area contributed by atoms with Crippen LogP contribution in [-0.4, -0.2) is 48.7 Å². The number of nitrogens with zero attached hydrogens (tertiary/aromatic N) is 1. The molecule has 0 aliphatic rings. The molecular formula is C15H26N2O3. The summed E-state index contributed by atoms with van der Waals surface area (Å²) in [7, 11) is 0. The molecule has 0 aromatic carbocycles. The molecule has 0 spiro atoms. The predicted octanol–water partition coefficient (Wildman–Crippen LogP) is 1.53. The van der Waals surface area contributed by atoms with E-state index < -0.39 is 6.10 Å². The minimum atomic E-state index is -0.515. The lowest BCUT2D eigenvalue weighted by molar-refractivity contribution is -0.0104. The topological polar surface area (TPSA) is 63.6 Å². The van der Waals surface area contributed by atoms with Crippen molar-refractivity contribution >= 4 is 0 Å². The van der Waals surface area contributed by atoms with Gasteiger partial charge in [0.05, 0.1) is 32.0 Å². The van der Waals surface area contributed by atoms with E-state index in [9.17, 15) is 5.11 Å². The first-order valence-electron chi connectivity index (χ1n) is 7.10. The molecule has 114 valence electrons. The highest BCUT2D eigenvalue weighted by atomic mass is 16.5. The molecule has 0 bridgehead atoms. The van der Waals surface area contributed by atoms with Gasteiger partial charge >= 0.3 is 0 Å². The van der Waals surface area contributed by atoms with Crippen molar-refractivity contribution in [3.05, 3.63) is 30.1 Å². The van der Waals surface area contributed by atoms with Gasteiger partial charge in [-0.2, -0.15) is 0 Å². The van der Waals surface area contributed by atoms with Gasteiger partial charge in [0, 0.05) is 25.0 Å². The first-order chi connectivity index (χ1) is 9.59. The maximum atomic E-state index is 9.81. The number of aliphatic hydroxyl groups is 1. The molecule has 2 N–H and O–H groups in total. The average molecular weight is 282 g/mol. The van der Waals surface area contributed by atoms with Crippen LogP contribution in [0.1, 0.15) is 32.4 Å². The highest BCUT2D eigenvalue weighted by Crippen LogP contribution is 2.09. The predicted molar refractivity (Wildman–Crippen MR) is 78.6 cm³/mol. The molecule has 0 radical (unpaired) electrons. The van der Waals surface area contributed by atoms with Gasteiger partial charge in [-0.15, -0.1) is 0 Å². The van der Waals surface area contributed by atoms with Gasteiger partial charge in [-0.05, 0) is 38.5 Å². The van der Waals surface area contributed by atoms with Crippen LogP contribution >= 0.6 is 0 Å². The van der Waals surface area contributed by atoms with Crippen LogP contribution < -0.4 is 5.32 Å². The molecule has 0 amide bonds. The molecule has 1 rings (SSSR count). The fraction of sp³-hybridized carbons (Fsp3) is 0.667. The Morgan fingerprint density at radius 2 is 1.90 bits per heavy atom. The van der Waals surface area contributed by atoms with Crippen LogP contribution in [0.15, 0.2) is 24.5 Å². The zero-order valence-electron chi connectivity index (χ0n) is 12.6. The van der Waals surface area contributed by atoms with Gasteiger partial charge < -0.3 is 19.9 Å². The van der Waals surface area contributed by atoms with Crippen molar-refractivity contribution in [3.63, 3.8) is 0 Å². The minimum Gasteiger partial charge on any atom is -0.389 e. The van der Waals surface area contributed by atoms with Crippen LogP contribution in [0.2, 0.25) is 0 Å². The number of aliphatic hydroxyl groups excluding tert-OH is 1. The van der Waals surface area contributed by atoms with Crippen molar-refractivity contribution in [2.75, 3.05) is 26.4 Å². The fourth-order valence-corrected chi connectivity index (χ4v) is 1.70. The van der Waals surface area contributed by atoms with Crippen molar-refractivity contribution in [1.29, 1.82) is 0 Å². The number of ether oxygens (including phenoxy) is 2. The zero-order valence-corrected chi connectivity index (χ0v) is 12.6. The molecule has 5 heteroatoms. The van der Waals surface area contributed by atoms with Crippen molar-refractivity contribution in [2.24, 2.45) is 0 Å². The summed E-state index contributed by atoms with van der Waals surface area (Å²) in [4.78, 5) is 3.98. The lowest BCUT2D eigenvalue weighted by Crippen LogP contribution is -2.32. The molecule has 1 aromatic rings. The van der Waals surface area contributed by atoms with E-state index in [1.165, 1.54) is 0 Å². The van der Waals surface area contributed by atoms with E-state index >= 15 is 0 Å². The van der Waals surface area contributed by atoms with Crippen molar-refractivity contribution in [2.45, 2.75) is 39.0 Å². The SMILES string of the molecule is CC(C)OCCOCC(O)CN[C@H](C)c1ccncc1. The molecule has 0 aliphatic heterocycles. The van der Waals surface area contributed by atoms with E-state index in [2.05, 4.69) is 17.2 Å². The summed E-state index contributed by atoms with van der Waals surface area (Å²) in [5.41, 5.74) is 1.15. The zero-order chi connectivity index (χ0) is 14.8. The number of aromatic nitrogens is 1. The Balaban J connectivity index is 2.09. The largest absolute Gasteiger partial charge is 0.389 e. The van der Waals surface area contributed by atoms with Crippen LogP contribution in [0.3, 0.4) is 0 Å². The second-order valence-electron chi connectivity index (χ2n) is 5.06. The summed E-state index contributed by atoms with van der Waals surface area (Å²) in [6.45, 7) is 7.91. The van der Waals surface area contributed by atoms with E-state index in [-0.39, 0.29) is 12.1 Å². The summed E-state index contributed by atoms with van der Waals surface area (Å²) in [5, 5.41) is 13.1. The van der Waals surface area contributed by atoms with Gasteiger partial charge in [0.25, 0.3) is 0 Å². The second kappa shape index (κ2) is 9.83. The molecular weight excluding hydrogens is 256 g/mol. The Hall–Kier alpha value is -1.01. The smallest absolute Gasteiger partial charge is 0.0897 e. The Labute approximate surface area is 121 Å². The second-order valence-corrected chi connectivity index (χ2v) is 5.06. The van der Waals surface area contributed by atoms with E-state index in [1.54, 1.807) is 12.4 Å². The third-order valence-electron chi connectivity index (χ3n) is 2.85. The molecule has 0 saturated heterocycles. The number of pyridine rings is 1. The lowest BCUT2D eigenvalue weighted by atomic mass is 10.1. The number of nitrogens with one attached hydrogen (secondary N) is 1. The maximum absolute atomic E-state index is 9.81. The molecule has 1 unspecified atom stereocenters.